The van der Waals surface area contributed by atoms with Gasteiger partial charge in [-0.05, 0) is 49.1 Å². The summed E-state index contributed by atoms with van der Waals surface area (Å²) >= 11 is 0. The fourth-order valence-corrected chi connectivity index (χ4v) is 3.91. The number of hydrogen-bond acceptors (Lipinski definition) is 4. The van der Waals surface area contributed by atoms with Crippen molar-refractivity contribution >= 4 is 5.78 Å². The monoisotopic (exact) mass is 371 g/mol. The van der Waals surface area contributed by atoms with Crippen LogP contribution >= 0.6 is 0 Å². The van der Waals surface area contributed by atoms with E-state index >= 15 is 0 Å². The van der Waals surface area contributed by atoms with E-state index in [2.05, 4.69) is 30.1 Å². The van der Waals surface area contributed by atoms with Crippen molar-refractivity contribution in [2.75, 3.05) is 6.79 Å². The molecule has 2 aromatic carbocycles. The average Bonchev–Trinajstić information content (AvgIpc) is 3.40. The van der Waals surface area contributed by atoms with Crippen molar-refractivity contribution in [2.24, 2.45) is 0 Å². The third-order valence-corrected chi connectivity index (χ3v) is 5.73. The van der Waals surface area contributed by atoms with E-state index in [-0.39, 0.29) is 12.6 Å². The molecule has 0 atom stereocenters. The number of fused-ring (bicyclic) bond motifs is 1. The van der Waals surface area contributed by atoms with Gasteiger partial charge in [-0.2, -0.15) is 0 Å². The molecule has 2 heterocycles. The minimum Gasteiger partial charge on any atom is -0.454 e. The summed E-state index contributed by atoms with van der Waals surface area (Å²) in [7, 11) is 0. The Labute approximate surface area is 164 Å². The van der Waals surface area contributed by atoms with E-state index < -0.39 is 5.41 Å². The Balaban J connectivity index is 1.34. The molecular weight excluding hydrogens is 350 g/mol. The van der Waals surface area contributed by atoms with Crippen LogP contribution in [0.5, 0.6) is 11.5 Å². The molecule has 0 bridgehead atoms. The minimum atomic E-state index is -0.391. The Hall–Kier alpha value is -3.14. The molecule has 0 spiro atoms. The molecule has 0 amide bonds. The number of carbonyl (C=O) groups is 1. The smallest absolute Gasteiger partial charge is 0.231 e. The second-order valence-corrected chi connectivity index (χ2v) is 7.66. The SMILES string of the molecule is Cc1cccc(-c2ccc(CC(=O)C3(c4ccc5c(c4)OCO5)CC3)nc2)c1. The zero-order valence-electron chi connectivity index (χ0n) is 15.8. The number of aryl methyl sites for hydroxylation is 1. The van der Waals surface area contributed by atoms with E-state index in [1.165, 1.54) is 5.56 Å². The number of benzene rings is 2. The van der Waals surface area contributed by atoms with Crippen LogP contribution in [0.1, 0.15) is 29.7 Å². The van der Waals surface area contributed by atoms with Crippen LogP contribution < -0.4 is 9.47 Å². The topological polar surface area (TPSA) is 48.4 Å². The van der Waals surface area contributed by atoms with Gasteiger partial charge in [0.05, 0.1) is 5.41 Å². The lowest BCUT2D eigenvalue weighted by molar-refractivity contribution is -0.120. The Bertz CT molecular complexity index is 1050. The summed E-state index contributed by atoms with van der Waals surface area (Å²) < 4.78 is 10.9. The molecule has 4 heteroatoms. The standard InChI is InChI=1S/C24H21NO3/c1-16-3-2-4-17(11-16)18-5-7-20(25-14-18)13-23(26)24(9-10-24)19-6-8-21-22(12-19)28-15-27-21/h2-8,11-12,14H,9-10,13,15H2,1H3. The van der Waals surface area contributed by atoms with E-state index in [1.807, 2.05) is 42.6 Å². The number of hydrogen-bond donors (Lipinski definition) is 0. The van der Waals surface area contributed by atoms with Crippen LogP contribution in [-0.2, 0) is 16.6 Å². The number of Topliss-reactive ketones (excluding diaryl/α,β-unsaturated/α-hetero) is 1. The molecule has 0 unspecified atom stereocenters. The highest BCUT2D eigenvalue weighted by atomic mass is 16.7. The third kappa shape index (κ3) is 2.95. The lowest BCUT2D eigenvalue weighted by atomic mass is 9.88. The number of ether oxygens (including phenoxy) is 2. The molecule has 1 aliphatic carbocycles. The molecule has 1 aliphatic heterocycles. The molecule has 0 saturated heterocycles. The van der Waals surface area contributed by atoms with E-state index in [0.717, 1.165) is 46.7 Å². The van der Waals surface area contributed by atoms with Crippen LogP contribution in [0.4, 0.5) is 0 Å². The van der Waals surface area contributed by atoms with Gasteiger partial charge in [0, 0.05) is 23.9 Å². The lowest BCUT2D eigenvalue weighted by Crippen LogP contribution is -2.22. The summed E-state index contributed by atoms with van der Waals surface area (Å²) in [6.07, 6.45) is 3.97. The summed E-state index contributed by atoms with van der Waals surface area (Å²) in [5.41, 5.74) is 4.88. The molecule has 5 rings (SSSR count). The first-order valence-electron chi connectivity index (χ1n) is 9.59. The fourth-order valence-electron chi connectivity index (χ4n) is 3.91. The summed E-state index contributed by atoms with van der Waals surface area (Å²) in [5.74, 6) is 1.71. The van der Waals surface area contributed by atoms with Gasteiger partial charge >= 0.3 is 0 Å². The van der Waals surface area contributed by atoms with Gasteiger partial charge in [0.15, 0.2) is 11.5 Å². The molecule has 1 saturated carbocycles. The largest absolute Gasteiger partial charge is 0.454 e. The first-order chi connectivity index (χ1) is 13.6. The number of pyridine rings is 1. The summed E-state index contributed by atoms with van der Waals surface area (Å²) in [4.78, 5) is 17.6. The molecular formula is C24H21NO3. The van der Waals surface area contributed by atoms with Gasteiger partial charge in [-0.1, -0.05) is 42.0 Å². The number of rotatable bonds is 5. The summed E-state index contributed by atoms with van der Waals surface area (Å²) in [5, 5.41) is 0. The highest BCUT2D eigenvalue weighted by molar-refractivity contribution is 5.94. The Kier molecular flexibility index (Phi) is 3.93. The molecule has 2 aliphatic rings. The minimum absolute atomic E-state index is 0.224. The average molecular weight is 371 g/mol. The molecule has 1 aromatic heterocycles. The first kappa shape index (κ1) is 17.0. The Morgan fingerprint density at radius 2 is 1.86 bits per heavy atom. The Morgan fingerprint density at radius 1 is 1.00 bits per heavy atom. The third-order valence-electron chi connectivity index (χ3n) is 5.73. The van der Waals surface area contributed by atoms with Gasteiger partial charge in [-0.3, -0.25) is 9.78 Å². The van der Waals surface area contributed by atoms with Crippen LogP contribution in [-0.4, -0.2) is 17.6 Å². The van der Waals surface area contributed by atoms with E-state index in [0.29, 0.717) is 6.42 Å². The predicted octanol–water partition coefficient (Wildman–Crippen LogP) is 4.63. The molecule has 3 aromatic rings. The van der Waals surface area contributed by atoms with Crippen molar-refractivity contribution in [1.82, 2.24) is 4.98 Å². The number of aromatic nitrogens is 1. The summed E-state index contributed by atoms with van der Waals surface area (Å²) in [6, 6.07) is 18.2. The van der Waals surface area contributed by atoms with Crippen LogP contribution in [0.25, 0.3) is 11.1 Å². The van der Waals surface area contributed by atoms with Crippen LogP contribution in [0, 0.1) is 6.92 Å². The summed E-state index contributed by atoms with van der Waals surface area (Å²) in [6.45, 7) is 2.33. The molecule has 4 nitrogen and oxygen atoms in total. The second-order valence-electron chi connectivity index (χ2n) is 7.66. The predicted molar refractivity (Wildman–Crippen MR) is 107 cm³/mol. The zero-order chi connectivity index (χ0) is 19.1. The van der Waals surface area contributed by atoms with Gasteiger partial charge in [-0.15, -0.1) is 0 Å². The van der Waals surface area contributed by atoms with Crippen molar-refractivity contribution in [3.8, 4) is 22.6 Å². The second kappa shape index (κ2) is 6.48. The first-order valence-corrected chi connectivity index (χ1v) is 9.59. The van der Waals surface area contributed by atoms with E-state index in [9.17, 15) is 4.79 Å². The maximum atomic E-state index is 13.1. The maximum absolute atomic E-state index is 13.1. The van der Waals surface area contributed by atoms with Crippen molar-refractivity contribution in [2.45, 2.75) is 31.6 Å². The molecule has 140 valence electrons. The quantitative estimate of drug-likeness (QED) is 0.656. The molecule has 28 heavy (non-hydrogen) atoms. The van der Waals surface area contributed by atoms with Crippen molar-refractivity contribution in [1.29, 1.82) is 0 Å². The van der Waals surface area contributed by atoms with Gasteiger partial charge in [0.1, 0.15) is 5.78 Å². The molecule has 0 radical (unpaired) electrons. The maximum Gasteiger partial charge on any atom is 0.231 e. The number of ketones is 1. The zero-order valence-corrected chi connectivity index (χ0v) is 15.8. The van der Waals surface area contributed by atoms with Crippen molar-refractivity contribution < 1.29 is 14.3 Å². The van der Waals surface area contributed by atoms with E-state index in [1.54, 1.807) is 0 Å². The highest BCUT2D eigenvalue weighted by Gasteiger charge is 2.50. The number of carbonyl (C=O) groups excluding carboxylic acids is 1. The van der Waals surface area contributed by atoms with Crippen LogP contribution in [0.3, 0.4) is 0 Å². The van der Waals surface area contributed by atoms with Crippen LogP contribution in [0.15, 0.2) is 60.8 Å². The highest BCUT2D eigenvalue weighted by Crippen LogP contribution is 2.51. The Morgan fingerprint density at radius 3 is 2.61 bits per heavy atom. The van der Waals surface area contributed by atoms with Crippen molar-refractivity contribution in [3.63, 3.8) is 0 Å². The van der Waals surface area contributed by atoms with Crippen LogP contribution in [0.2, 0.25) is 0 Å². The van der Waals surface area contributed by atoms with Gasteiger partial charge < -0.3 is 9.47 Å². The van der Waals surface area contributed by atoms with Gasteiger partial charge in [-0.25, -0.2) is 0 Å². The van der Waals surface area contributed by atoms with E-state index in [4.69, 9.17) is 9.47 Å². The van der Waals surface area contributed by atoms with Crippen molar-refractivity contribution in [3.05, 3.63) is 77.6 Å². The van der Waals surface area contributed by atoms with Gasteiger partial charge in [0.2, 0.25) is 6.79 Å². The number of nitrogens with zero attached hydrogens (tertiary/aromatic N) is 1. The van der Waals surface area contributed by atoms with Gasteiger partial charge in [0.25, 0.3) is 0 Å². The lowest BCUT2D eigenvalue weighted by Gasteiger charge is -2.15. The fraction of sp³-hybridized carbons (Fsp3) is 0.250. The normalized spacial score (nSPS) is 16.0. The molecule has 0 N–H and O–H groups in total. The molecule has 1 fully saturated rings.